The van der Waals surface area contributed by atoms with Crippen molar-refractivity contribution >= 4 is 11.6 Å². The number of rotatable bonds is 3. The summed E-state index contributed by atoms with van der Waals surface area (Å²) >= 11 is 0. The number of ketones is 2. The molecular formula is C13H14O2. The lowest BCUT2D eigenvalue weighted by Crippen LogP contribution is -2.20. The Labute approximate surface area is 89.3 Å². The predicted molar refractivity (Wildman–Crippen MR) is 57.9 cm³/mol. The Morgan fingerprint density at radius 2 is 2.13 bits per heavy atom. The third-order valence-electron chi connectivity index (χ3n) is 2.91. The molecule has 0 heterocycles. The van der Waals surface area contributed by atoms with Crippen LogP contribution >= 0.6 is 0 Å². The van der Waals surface area contributed by atoms with E-state index in [9.17, 15) is 9.59 Å². The summed E-state index contributed by atoms with van der Waals surface area (Å²) in [6.07, 6.45) is 1.94. The lowest BCUT2D eigenvalue weighted by atomic mass is 9.97. The zero-order valence-electron chi connectivity index (χ0n) is 8.82. The number of fused-ring (bicyclic) bond motifs is 1. The third kappa shape index (κ3) is 1.72. The van der Waals surface area contributed by atoms with Crippen LogP contribution in [-0.2, 0) is 11.2 Å². The minimum atomic E-state index is -0.401. The Kier molecular flexibility index (Phi) is 2.67. The van der Waals surface area contributed by atoms with Crippen LogP contribution in [-0.4, -0.2) is 11.6 Å². The molecule has 1 atom stereocenters. The maximum absolute atomic E-state index is 11.9. The third-order valence-corrected chi connectivity index (χ3v) is 2.91. The molecule has 2 heteroatoms. The van der Waals surface area contributed by atoms with E-state index in [2.05, 4.69) is 0 Å². The fourth-order valence-electron chi connectivity index (χ4n) is 2.12. The molecule has 1 unspecified atom stereocenters. The molecule has 0 N–H and O–H groups in total. The van der Waals surface area contributed by atoms with Crippen molar-refractivity contribution < 1.29 is 9.59 Å². The molecule has 15 heavy (non-hydrogen) atoms. The van der Waals surface area contributed by atoms with Crippen molar-refractivity contribution in [2.45, 2.75) is 26.2 Å². The van der Waals surface area contributed by atoms with Crippen molar-refractivity contribution in [2.24, 2.45) is 5.92 Å². The van der Waals surface area contributed by atoms with E-state index in [0.717, 1.165) is 17.5 Å². The van der Waals surface area contributed by atoms with Gasteiger partial charge in [0, 0.05) is 12.0 Å². The zero-order chi connectivity index (χ0) is 10.8. The van der Waals surface area contributed by atoms with Crippen molar-refractivity contribution in [2.75, 3.05) is 0 Å². The van der Waals surface area contributed by atoms with Gasteiger partial charge in [0.25, 0.3) is 0 Å². The van der Waals surface area contributed by atoms with E-state index in [0.29, 0.717) is 12.8 Å². The second kappa shape index (κ2) is 3.97. The van der Waals surface area contributed by atoms with Crippen molar-refractivity contribution in [3.8, 4) is 0 Å². The van der Waals surface area contributed by atoms with Crippen LogP contribution in [0.1, 0.15) is 35.7 Å². The van der Waals surface area contributed by atoms with Crippen LogP contribution in [0.15, 0.2) is 24.3 Å². The van der Waals surface area contributed by atoms with E-state index in [1.165, 1.54) is 0 Å². The molecule has 0 saturated carbocycles. The first-order chi connectivity index (χ1) is 7.24. The molecule has 0 fully saturated rings. The largest absolute Gasteiger partial charge is 0.299 e. The molecule has 0 radical (unpaired) electrons. The first-order valence-electron chi connectivity index (χ1n) is 5.39. The van der Waals surface area contributed by atoms with Crippen LogP contribution in [0.25, 0.3) is 0 Å². The smallest absolute Gasteiger partial charge is 0.173 e. The molecule has 78 valence electrons. The van der Waals surface area contributed by atoms with E-state index < -0.39 is 5.92 Å². The minimum absolute atomic E-state index is 0.0176. The van der Waals surface area contributed by atoms with Crippen LogP contribution in [0.5, 0.6) is 0 Å². The van der Waals surface area contributed by atoms with Crippen LogP contribution in [0.2, 0.25) is 0 Å². The monoisotopic (exact) mass is 202 g/mol. The average molecular weight is 202 g/mol. The molecule has 2 nitrogen and oxygen atoms in total. The van der Waals surface area contributed by atoms with Crippen molar-refractivity contribution in [3.63, 3.8) is 0 Å². The van der Waals surface area contributed by atoms with Crippen molar-refractivity contribution in [1.29, 1.82) is 0 Å². The van der Waals surface area contributed by atoms with Crippen LogP contribution in [0.3, 0.4) is 0 Å². The molecule has 1 aliphatic rings. The maximum atomic E-state index is 11.9. The number of hydrogen-bond donors (Lipinski definition) is 0. The van der Waals surface area contributed by atoms with Gasteiger partial charge in [-0.1, -0.05) is 31.2 Å². The number of benzene rings is 1. The average Bonchev–Trinajstić information content (AvgIpc) is 2.57. The molecule has 1 aliphatic carbocycles. The Bertz CT molecular complexity index is 407. The van der Waals surface area contributed by atoms with Gasteiger partial charge in [-0.3, -0.25) is 9.59 Å². The summed E-state index contributed by atoms with van der Waals surface area (Å²) < 4.78 is 0. The number of carbonyl (C=O) groups is 2. The molecule has 1 aromatic carbocycles. The van der Waals surface area contributed by atoms with Crippen LogP contribution < -0.4 is 0 Å². The Morgan fingerprint density at radius 3 is 2.80 bits per heavy atom. The fourth-order valence-corrected chi connectivity index (χ4v) is 2.12. The lowest BCUT2D eigenvalue weighted by Gasteiger charge is -2.04. The van der Waals surface area contributed by atoms with Crippen molar-refractivity contribution in [1.82, 2.24) is 0 Å². The van der Waals surface area contributed by atoms with E-state index in [4.69, 9.17) is 0 Å². The first kappa shape index (κ1) is 10.1. The standard InChI is InChI=1S/C13H14O2/c1-2-5-12(14)11-8-9-6-3-4-7-10(9)13(11)15/h3-4,6-7,11H,2,5,8H2,1H3. The van der Waals surface area contributed by atoms with Gasteiger partial charge in [0.1, 0.15) is 5.78 Å². The summed E-state index contributed by atoms with van der Waals surface area (Å²) in [5.74, 6) is -0.287. The van der Waals surface area contributed by atoms with E-state index >= 15 is 0 Å². The van der Waals surface area contributed by atoms with Gasteiger partial charge in [-0.25, -0.2) is 0 Å². The molecule has 0 aromatic heterocycles. The SMILES string of the molecule is CCCC(=O)C1Cc2ccccc2C1=O. The predicted octanol–water partition coefficient (Wildman–Crippen LogP) is 2.41. The number of hydrogen-bond acceptors (Lipinski definition) is 2. The second-order valence-electron chi connectivity index (χ2n) is 3.99. The Balaban J connectivity index is 2.24. The molecule has 2 rings (SSSR count). The highest BCUT2D eigenvalue weighted by Gasteiger charge is 2.34. The molecule has 1 aromatic rings. The lowest BCUT2D eigenvalue weighted by molar-refractivity contribution is -0.121. The summed E-state index contributed by atoms with van der Waals surface area (Å²) in [6, 6.07) is 7.52. The van der Waals surface area contributed by atoms with Crippen molar-refractivity contribution in [3.05, 3.63) is 35.4 Å². The van der Waals surface area contributed by atoms with Gasteiger partial charge < -0.3 is 0 Å². The molecule has 0 bridgehead atoms. The number of carbonyl (C=O) groups excluding carboxylic acids is 2. The number of Topliss-reactive ketones (excluding diaryl/α,β-unsaturated/α-hetero) is 2. The van der Waals surface area contributed by atoms with E-state index in [1.807, 2.05) is 31.2 Å². The highest BCUT2D eigenvalue weighted by Crippen LogP contribution is 2.27. The van der Waals surface area contributed by atoms with E-state index in [1.54, 1.807) is 0 Å². The summed E-state index contributed by atoms with van der Waals surface area (Å²) in [7, 11) is 0. The summed E-state index contributed by atoms with van der Waals surface area (Å²) in [5, 5.41) is 0. The van der Waals surface area contributed by atoms with Gasteiger partial charge in [0.05, 0.1) is 5.92 Å². The van der Waals surface area contributed by atoms with Gasteiger partial charge in [0.15, 0.2) is 5.78 Å². The quantitative estimate of drug-likeness (QED) is 0.705. The van der Waals surface area contributed by atoms with Crippen LogP contribution in [0, 0.1) is 5.92 Å². The topological polar surface area (TPSA) is 34.1 Å². The summed E-state index contributed by atoms with van der Waals surface area (Å²) in [6.45, 7) is 1.96. The zero-order valence-corrected chi connectivity index (χ0v) is 8.82. The van der Waals surface area contributed by atoms with E-state index in [-0.39, 0.29) is 11.6 Å². The minimum Gasteiger partial charge on any atom is -0.299 e. The maximum Gasteiger partial charge on any atom is 0.173 e. The fraction of sp³-hybridized carbons (Fsp3) is 0.385. The summed E-state index contributed by atoms with van der Waals surface area (Å²) in [5.41, 5.74) is 1.77. The van der Waals surface area contributed by atoms with Gasteiger partial charge in [-0.05, 0) is 18.4 Å². The van der Waals surface area contributed by atoms with Gasteiger partial charge in [-0.15, -0.1) is 0 Å². The Morgan fingerprint density at radius 1 is 1.40 bits per heavy atom. The molecule has 0 amide bonds. The van der Waals surface area contributed by atoms with Gasteiger partial charge >= 0.3 is 0 Å². The normalized spacial score (nSPS) is 19.0. The molecule has 0 spiro atoms. The highest BCUT2D eigenvalue weighted by molar-refractivity contribution is 6.13. The Hall–Kier alpha value is -1.44. The molecule has 0 aliphatic heterocycles. The van der Waals surface area contributed by atoms with Crippen LogP contribution in [0.4, 0.5) is 0 Å². The van der Waals surface area contributed by atoms with Gasteiger partial charge in [0.2, 0.25) is 0 Å². The summed E-state index contributed by atoms with van der Waals surface area (Å²) in [4.78, 5) is 23.6. The van der Waals surface area contributed by atoms with Gasteiger partial charge in [-0.2, -0.15) is 0 Å². The highest BCUT2D eigenvalue weighted by atomic mass is 16.2. The first-order valence-corrected chi connectivity index (χ1v) is 5.39. The molecular weight excluding hydrogens is 188 g/mol. The molecule has 0 saturated heterocycles. The second-order valence-corrected chi connectivity index (χ2v) is 3.99.